The third-order valence-corrected chi connectivity index (χ3v) is 3.24. The van der Waals surface area contributed by atoms with Crippen molar-refractivity contribution in [3.05, 3.63) is 72.3 Å². The summed E-state index contributed by atoms with van der Waals surface area (Å²) in [4.78, 5) is 11.2. The monoisotopic (exact) mass is 262 g/mol. The molecule has 0 saturated carbocycles. The molecule has 0 unspecified atom stereocenters. The lowest BCUT2D eigenvalue weighted by Gasteiger charge is -2.09. The summed E-state index contributed by atoms with van der Waals surface area (Å²) in [6, 6.07) is 21.3. The van der Waals surface area contributed by atoms with E-state index in [1.165, 1.54) is 0 Å². The number of hydrogen-bond donors (Lipinski definition) is 0. The Hall–Kier alpha value is -2.61. The number of rotatable bonds is 3. The van der Waals surface area contributed by atoms with Crippen LogP contribution in [0.4, 0.5) is 0 Å². The molecule has 0 heterocycles. The van der Waals surface area contributed by atoms with Gasteiger partial charge in [-0.05, 0) is 42.6 Å². The molecule has 0 amide bonds. The van der Waals surface area contributed by atoms with Gasteiger partial charge in [-0.1, -0.05) is 36.4 Å². The van der Waals surface area contributed by atoms with E-state index in [0.717, 1.165) is 22.3 Å². The number of carbonyl (C=O) groups excluding carboxylic acids is 1. The number of benzene rings is 3. The Bertz CT molecular complexity index is 752. The van der Waals surface area contributed by atoms with Crippen molar-refractivity contribution in [3.8, 4) is 11.5 Å². The fraction of sp³-hybridized carbons (Fsp3) is 0.0556. The quantitative estimate of drug-likeness (QED) is 0.632. The second kappa shape index (κ2) is 5.17. The minimum absolute atomic E-state index is 0.0571. The highest BCUT2D eigenvalue weighted by molar-refractivity contribution is 5.94. The fourth-order valence-corrected chi connectivity index (χ4v) is 2.17. The zero-order valence-corrected chi connectivity index (χ0v) is 11.2. The molecule has 0 radical (unpaired) electrons. The van der Waals surface area contributed by atoms with Crippen LogP contribution in [-0.2, 0) is 0 Å². The lowest BCUT2D eigenvalue weighted by atomic mass is 10.1. The topological polar surface area (TPSA) is 26.3 Å². The summed E-state index contributed by atoms with van der Waals surface area (Å²) < 4.78 is 5.92. The summed E-state index contributed by atoms with van der Waals surface area (Å²) in [5.41, 5.74) is 0.690. The van der Waals surface area contributed by atoms with Crippen LogP contribution in [0.3, 0.4) is 0 Å². The van der Waals surface area contributed by atoms with Crippen LogP contribution in [0.15, 0.2) is 66.7 Å². The molecule has 2 heteroatoms. The van der Waals surface area contributed by atoms with E-state index >= 15 is 0 Å². The number of carbonyl (C=O) groups is 1. The van der Waals surface area contributed by atoms with Crippen molar-refractivity contribution < 1.29 is 9.53 Å². The van der Waals surface area contributed by atoms with Gasteiger partial charge in [-0.3, -0.25) is 4.79 Å². The van der Waals surface area contributed by atoms with Crippen molar-refractivity contribution in [2.24, 2.45) is 0 Å². The molecule has 0 aromatic heterocycles. The molecule has 2 nitrogen and oxygen atoms in total. The molecule has 98 valence electrons. The molecule has 0 fully saturated rings. The Morgan fingerprint density at radius 3 is 2.30 bits per heavy atom. The maximum absolute atomic E-state index is 11.2. The molecule has 0 aliphatic carbocycles. The molecule has 0 aliphatic rings. The summed E-state index contributed by atoms with van der Waals surface area (Å²) in [6.07, 6.45) is 0. The number of fused-ring (bicyclic) bond motifs is 1. The highest BCUT2D eigenvalue weighted by Crippen LogP contribution is 2.29. The third-order valence-electron chi connectivity index (χ3n) is 3.24. The van der Waals surface area contributed by atoms with Crippen molar-refractivity contribution in [1.29, 1.82) is 0 Å². The maximum Gasteiger partial charge on any atom is 0.159 e. The van der Waals surface area contributed by atoms with E-state index in [-0.39, 0.29) is 5.78 Å². The van der Waals surface area contributed by atoms with Crippen LogP contribution in [0.5, 0.6) is 11.5 Å². The van der Waals surface area contributed by atoms with Gasteiger partial charge < -0.3 is 4.74 Å². The van der Waals surface area contributed by atoms with Gasteiger partial charge in [-0.15, -0.1) is 0 Å². The first kappa shape index (κ1) is 12.4. The second-order valence-electron chi connectivity index (χ2n) is 4.66. The highest BCUT2D eigenvalue weighted by Gasteiger charge is 2.04. The standard InChI is InChI=1S/C18H14O2/c1-13(19)14-9-11-16(12-10-14)20-18-8-4-6-15-5-2-3-7-17(15)18/h2-12H,1H3. The second-order valence-corrected chi connectivity index (χ2v) is 4.66. The van der Waals surface area contributed by atoms with Crippen molar-refractivity contribution in [3.63, 3.8) is 0 Å². The lowest BCUT2D eigenvalue weighted by Crippen LogP contribution is -1.91. The van der Waals surface area contributed by atoms with Gasteiger partial charge >= 0.3 is 0 Å². The van der Waals surface area contributed by atoms with Crippen molar-refractivity contribution in [2.75, 3.05) is 0 Å². The number of Topliss-reactive ketones (excluding diaryl/α,β-unsaturated/α-hetero) is 1. The van der Waals surface area contributed by atoms with Crippen LogP contribution in [0.2, 0.25) is 0 Å². The average molecular weight is 262 g/mol. The molecular weight excluding hydrogens is 248 g/mol. The first-order valence-corrected chi connectivity index (χ1v) is 6.51. The minimum atomic E-state index is 0.0571. The predicted molar refractivity (Wildman–Crippen MR) is 80.5 cm³/mol. The Kier molecular flexibility index (Phi) is 3.21. The Labute approximate surface area is 117 Å². The highest BCUT2D eigenvalue weighted by atomic mass is 16.5. The summed E-state index contributed by atoms with van der Waals surface area (Å²) >= 11 is 0. The lowest BCUT2D eigenvalue weighted by molar-refractivity contribution is 0.101. The number of ketones is 1. The Morgan fingerprint density at radius 2 is 1.55 bits per heavy atom. The molecule has 0 bridgehead atoms. The normalized spacial score (nSPS) is 10.4. The smallest absolute Gasteiger partial charge is 0.159 e. The summed E-state index contributed by atoms with van der Waals surface area (Å²) in [6.45, 7) is 1.56. The average Bonchev–Trinajstić information content (AvgIpc) is 2.48. The molecular formula is C18H14O2. The molecule has 3 rings (SSSR count). The van der Waals surface area contributed by atoms with Crippen LogP contribution in [0.1, 0.15) is 17.3 Å². The zero-order valence-electron chi connectivity index (χ0n) is 11.2. The van der Waals surface area contributed by atoms with Crippen molar-refractivity contribution in [1.82, 2.24) is 0 Å². The largest absolute Gasteiger partial charge is 0.457 e. The summed E-state index contributed by atoms with van der Waals surface area (Å²) in [7, 11) is 0. The molecule has 3 aromatic carbocycles. The van der Waals surface area contributed by atoms with Crippen LogP contribution >= 0.6 is 0 Å². The molecule has 0 aliphatic heterocycles. The van der Waals surface area contributed by atoms with Gasteiger partial charge in [-0.2, -0.15) is 0 Å². The van der Waals surface area contributed by atoms with Crippen LogP contribution in [0.25, 0.3) is 10.8 Å². The van der Waals surface area contributed by atoms with Gasteiger partial charge in [0.05, 0.1) is 0 Å². The van der Waals surface area contributed by atoms with E-state index in [2.05, 4.69) is 12.1 Å². The predicted octanol–water partition coefficient (Wildman–Crippen LogP) is 4.83. The molecule has 0 atom stereocenters. The molecule has 0 spiro atoms. The van der Waals surface area contributed by atoms with E-state index in [1.54, 1.807) is 19.1 Å². The fourth-order valence-electron chi connectivity index (χ4n) is 2.17. The summed E-state index contributed by atoms with van der Waals surface area (Å²) in [5, 5.41) is 2.22. The van der Waals surface area contributed by atoms with E-state index in [1.807, 2.05) is 42.5 Å². The van der Waals surface area contributed by atoms with E-state index in [4.69, 9.17) is 4.74 Å². The van der Waals surface area contributed by atoms with Gasteiger partial charge in [0.25, 0.3) is 0 Å². The van der Waals surface area contributed by atoms with E-state index < -0.39 is 0 Å². The number of hydrogen-bond acceptors (Lipinski definition) is 2. The first-order chi connectivity index (χ1) is 9.74. The van der Waals surface area contributed by atoms with Gasteiger partial charge in [0.15, 0.2) is 5.78 Å². The van der Waals surface area contributed by atoms with Crippen LogP contribution in [-0.4, -0.2) is 5.78 Å². The SMILES string of the molecule is CC(=O)c1ccc(Oc2cccc3ccccc23)cc1. The van der Waals surface area contributed by atoms with E-state index in [9.17, 15) is 4.79 Å². The molecule has 0 N–H and O–H groups in total. The van der Waals surface area contributed by atoms with E-state index in [0.29, 0.717) is 5.56 Å². The first-order valence-electron chi connectivity index (χ1n) is 6.51. The van der Waals surface area contributed by atoms with Gasteiger partial charge in [-0.25, -0.2) is 0 Å². The van der Waals surface area contributed by atoms with Crippen LogP contribution < -0.4 is 4.74 Å². The molecule has 0 saturated heterocycles. The molecule has 20 heavy (non-hydrogen) atoms. The summed E-state index contributed by atoms with van der Waals surface area (Å²) in [5.74, 6) is 1.60. The minimum Gasteiger partial charge on any atom is -0.457 e. The van der Waals surface area contributed by atoms with Crippen LogP contribution in [0, 0.1) is 0 Å². The molecule has 3 aromatic rings. The van der Waals surface area contributed by atoms with Crippen molar-refractivity contribution in [2.45, 2.75) is 6.92 Å². The maximum atomic E-state index is 11.2. The third kappa shape index (κ3) is 2.41. The van der Waals surface area contributed by atoms with Crippen molar-refractivity contribution >= 4 is 16.6 Å². The number of ether oxygens (including phenoxy) is 1. The van der Waals surface area contributed by atoms with Gasteiger partial charge in [0.2, 0.25) is 0 Å². The van der Waals surface area contributed by atoms with Gasteiger partial charge in [0, 0.05) is 10.9 Å². The van der Waals surface area contributed by atoms with Gasteiger partial charge in [0.1, 0.15) is 11.5 Å². The Morgan fingerprint density at radius 1 is 0.850 bits per heavy atom. The Balaban J connectivity index is 1.95. The zero-order chi connectivity index (χ0) is 13.9.